The number of fused-ring (bicyclic) bond motifs is 2. The number of aliphatic hydroxyl groups excluding tert-OH is 1. The molecule has 248 valence electrons. The summed E-state index contributed by atoms with van der Waals surface area (Å²) in [4.78, 5) is 39.4. The lowest BCUT2D eigenvalue weighted by Gasteiger charge is -2.32. The van der Waals surface area contributed by atoms with Crippen LogP contribution in [0.15, 0.2) is 45.2 Å². The highest BCUT2D eigenvalue weighted by atomic mass is 32.2. The quantitative estimate of drug-likeness (QED) is 0.208. The smallest absolute Gasteiger partial charge is 0.408 e. The Balaban J connectivity index is 1.74. The number of carbonyl (C=O) groups is 3. The normalized spacial score (nSPS) is 16.4. The van der Waals surface area contributed by atoms with Crippen LogP contribution >= 0.6 is 11.9 Å². The van der Waals surface area contributed by atoms with Gasteiger partial charge in [-0.2, -0.15) is 9.46 Å². The van der Waals surface area contributed by atoms with Gasteiger partial charge in [-0.3, -0.25) is 19.5 Å². The molecule has 2 aliphatic rings. The summed E-state index contributed by atoms with van der Waals surface area (Å²) in [5.74, 6) is -2.66. The van der Waals surface area contributed by atoms with Gasteiger partial charge in [0.2, 0.25) is 15.9 Å². The molecule has 0 bridgehead atoms. The second-order valence-electron chi connectivity index (χ2n) is 12.3. The number of aromatic hydroxyl groups is 1. The molecule has 1 aliphatic heterocycles. The average molecular weight is 676 g/mol. The predicted octanol–water partition coefficient (Wildman–Crippen LogP) is 4.20. The van der Waals surface area contributed by atoms with Gasteiger partial charge in [0.25, 0.3) is 0 Å². The van der Waals surface area contributed by atoms with Gasteiger partial charge < -0.3 is 25.6 Å². The molecule has 2 amide bonds. The molecule has 46 heavy (non-hydrogen) atoms. The van der Waals surface area contributed by atoms with Crippen molar-refractivity contribution in [1.29, 1.82) is 0 Å². The van der Waals surface area contributed by atoms with E-state index in [0.717, 1.165) is 30.7 Å². The molecule has 16 heteroatoms. The number of carbonyl (C=O) groups excluding carboxylic acids is 3. The average Bonchev–Trinajstić information content (AvgIpc) is 2.92. The summed E-state index contributed by atoms with van der Waals surface area (Å²) >= 11 is 0.728. The van der Waals surface area contributed by atoms with Crippen molar-refractivity contribution in [1.82, 2.24) is 10.6 Å². The maximum atomic E-state index is 14.1. The number of amidine groups is 1. The van der Waals surface area contributed by atoms with E-state index in [9.17, 15) is 38.2 Å². The number of phenols is 1. The minimum absolute atomic E-state index is 0.0144. The molecule has 2 aromatic rings. The fourth-order valence-corrected chi connectivity index (χ4v) is 6.26. The van der Waals surface area contributed by atoms with Crippen LogP contribution in [0.3, 0.4) is 0 Å². The fourth-order valence-electron chi connectivity index (χ4n) is 4.90. The molecule has 1 aliphatic carbocycles. The Labute approximate surface area is 271 Å². The third-order valence-corrected chi connectivity index (χ3v) is 8.17. The SMILES string of the molecule is CC(C)CCc1cccc2c1C(O)=C(C1=NSc3cc(NS(C)(=O)=O)cc(O)c3N1O)C(=O)C2NC(=O)CNC(=O)OC(C)(C)C. The lowest BCUT2D eigenvalue weighted by Crippen LogP contribution is -2.45. The van der Waals surface area contributed by atoms with E-state index in [0.29, 0.717) is 28.5 Å². The van der Waals surface area contributed by atoms with Crippen LogP contribution in [-0.4, -0.2) is 65.9 Å². The topological polar surface area (TPSA) is 207 Å². The second kappa shape index (κ2) is 13.2. The van der Waals surface area contributed by atoms with Gasteiger partial charge in [0, 0.05) is 23.6 Å². The highest BCUT2D eigenvalue weighted by Gasteiger charge is 2.42. The largest absolute Gasteiger partial charge is 0.506 e. The summed E-state index contributed by atoms with van der Waals surface area (Å²) in [6.07, 6.45) is 1.38. The lowest BCUT2D eigenvalue weighted by atomic mass is 9.81. The van der Waals surface area contributed by atoms with Gasteiger partial charge in [0.1, 0.15) is 41.0 Å². The van der Waals surface area contributed by atoms with E-state index in [4.69, 9.17) is 4.74 Å². The summed E-state index contributed by atoms with van der Waals surface area (Å²) in [7, 11) is -3.68. The Kier molecular flexibility index (Phi) is 9.94. The van der Waals surface area contributed by atoms with Gasteiger partial charge in [-0.05, 0) is 56.7 Å². The molecule has 1 atom stereocenters. The first-order valence-electron chi connectivity index (χ1n) is 14.3. The zero-order chi connectivity index (χ0) is 34.1. The number of aliphatic hydroxyl groups is 1. The van der Waals surface area contributed by atoms with Crippen LogP contribution in [0.25, 0.3) is 5.76 Å². The minimum Gasteiger partial charge on any atom is -0.506 e. The molecule has 0 radical (unpaired) electrons. The number of hydroxylamine groups is 1. The van der Waals surface area contributed by atoms with Gasteiger partial charge >= 0.3 is 6.09 Å². The summed E-state index contributed by atoms with van der Waals surface area (Å²) in [6.45, 7) is 8.57. The zero-order valence-corrected chi connectivity index (χ0v) is 27.8. The molecule has 14 nitrogen and oxygen atoms in total. The number of nitrogens with zero attached hydrogens (tertiary/aromatic N) is 2. The minimum atomic E-state index is -3.68. The lowest BCUT2D eigenvalue weighted by molar-refractivity contribution is -0.125. The number of Topliss-reactive ketones (excluding diaryl/α,β-unsaturated/α-hetero) is 1. The van der Waals surface area contributed by atoms with E-state index >= 15 is 0 Å². The van der Waals surface area contributed by atoms with Crippen molar-refractivity contribution >= 4 is 62.7 Å². The number of hydrogen-bond donors (Lipinski definition) is 6. The Morgan fingerprint density at radius 2 is 1.87 bits per heavy atom. The summed E-state index contributed by atoms with van der Waals surface area (Å²) in [6, 6.07) is 6.16. The molecule has 2 aromatic carbocycles. The third kappa shape index (κ3) is 7.92. The Hall–Kier alpha value is -4.28. The van der Waals surface area contributed by atoms with Crippen molar-refractivity contribution in [3.05, 3.63) is 52.6 Å². The number of aryl methyl sites for hydroxylation is 1. The number of benzene rings is 2. The summed E-state index contributed by atoms with van der Waals surface area (Å²) in [5.41, 5.74) is -0.125. The van der Waals surface area contributed by atoms with Crippen LogP contribution in [0.4, 0.5) is 16.2 Å². The number of hydrogen-bond acceptors (Lipinski definition) is 12. The van der Waals surface area contributed by atoms with Crippen LogP contribution < -0.4 is 20.4 Å². The number of ether oxygens (including phenoxy) is 1. The van der Waals surface area contributed by atoms with Gasteiger partial charge in [0.15, 0.2) is 11.6 Å². The van der Waals surface area contributed by atoms with Crippen molar-refractivity contribution in [2.45, 2.75) is 64.0 Å². The molecule has 4 rings (SSSR count). The number of alkyl carbamates (subject to hydrolysis) is 1. The van der Waals surface area contributed by atoms with E-state index in [2.05, 4.69) is 19.8 Å². The Morgan fingerprint density at radius 1 is 1.17 bits per heavy atom. The van der Waals surface area contributed by atoms with E-state index in [1.54, 1.807) is 39.0 Å². The summed E-state index contributed by atoms with van der Waals surface area (Å²) < 4.78 is 35.1. The maximum absolute atomic E-state index is 14.1. The molecule has 0 spiro atoms. The molecule has 0 saturated heterocycles. The van der Waals surface area contributed by atoms with E-state index in [-0.39, 0.29) is 21.8 Å². The highest BCUT2D eigenvalue weighted by Crippen LogP contribution is 2.46. The van der Waals surface area contributed by atoms with E-state index < -0.39 is 68.9 Å². The van der Waals surface area contributed by atoms with Gasteiger partial charge in [-0.15, -0.1) is 0 Å². The van der Waals surface area contributed by atoms with Crippen LogP contribution in [0.1, 0.15) is 63.8 Å². The van der Waals surface area contributed by atoms with Crippen molar-refractivity contribution in [2.75, 3.05) is 22.6 Å². The molecular weight excluding hydrogens is 638 g/mol. The van der Waals surface area contributed by atoms with Crippen LogP contribution in [0.5, 0.6) is 5.75 Å². The molecule has 1 heterocycles. The van der Waals surface area contributed by atoms with Crippen molar-refractivity contribution in [3.8, 4) is 5.75 Å². The first-order valence-corrected chi connectivity index (χ1v) is 17.0. The molecular formula is C30H37N5O9S2. The molecule has 0 aromatic heterocycles. The van der Waals surface area contributed by atoms with Crippen molar-refractivity contribution in [3.63, 3.8) is 0 Å². The molecule has 0 saturated carbocycles. The number of phenolic OH excluding ortho intramolecular Hbond substituents is 1. The highest BCUT2D eigenvalue weighted by molar-refractivity contribution is 7.98. The van der Waals surface area contributed by atoms with Crippen LogP contribution in [0.2, 0.25) is 0 Å². The number of sulfonamides is 1. The van der Waals surface area contributed by atoms with Gasteiger partial charge in [-0.1, -0.05) is 32.0 Å². The number of anilines is 2. The Morgan fingerprint density at radius 3 is 2.50 bits per heavy atom. The van der Waals surface area contributed by atoms with Crippen molar-refractivity contribution < 1.29 is 43.0 Å². The zero-order valence-electron chi connectivity index (χ0n) is 26.2. The summed E-state index contributed by atoms with van der Waals surface area (Å²) in [5, 5.41) is 39.0. The number of rotatable bonds is 9. The predicted molar refractivity (Wildman–Crippen MR) is 173 cm³/mol. The van der Waals surface area contributed by atoms with Gasteiger partial charge in [0.05, 0.1) is 16.8 Å². The van der Waals surface area contributed by atoms with Crippen LogP contribution in [-0.2, 0) is 30.8 Å². The third-order valence-electron chi connectivity index (χ3n) is 6.79. The monoisotopic (exact) mass is 675 g/mol. The number of nitrogens with one attached hydrogen (secondary N) is 3. The first-order chi connectivity index (χ1) is 21.4. The molecule has 0 fully saturated rings. The Bertz CT molecular complexity index is 1750. The molecule has 1 unspecified atom stereocenters. The maximum Gasteiger partial charge on any atom is 0.408 e. The second-order valence-corrected chi connectivity index (χ2v) is 14.8. The number of ketones is 1. The van der Waals surface area contributed by atoms with E-state index in [1.807, 2.05) is 13.8 Å². The van der Waals surface area contributed by atoms with Crippen molar-refractivity contribution in [2.24, 2.45) is 10.3 Å². The van der Waals surface area contributed by atoms with Gasteiger partial charge in [-0.25, -0.2) is 13.2 Å². The fraction of sp³-hybridized carbons (Fsp3) is 0.400. The standard InChI is InChI=1S/C30H37N5O9S2/c1-15(2)10-11-16-8-7-9-18-22(16)26(38)23(27(39)24(18)32-21(37)14-31-29(40)44-30(3,4)5)28-33-45-20-13-17(34-46(6,42)43)12-19(36)25(20)35(28)41/h7-9,12-13,15,24,34,36,38,41H,10-11,14H2,1-6H3,(H,31,40)(H,32,37). The number of amides is 2. The van der Waals surface area contributed by atoms with E-state index in [1.165, 1.54) is 6.07 Å². The molecule has 6 N–H and O–H groups in total. The van der Waals surface area contributed by atoms with Crippen LogP contribution in [0, 0.1) is 5.92 Å². The first kappa shape index (κ1) is 34.6.